The molecular weight excluding hydrogens is 458 g/mol. The standard InChI is InChI=1S/C32H35N3O2/c1-31(2,3)26-18-22(19-27(29(26)37)32(4,5)6)30(34-23-13-8-7-9-14-23)35-33-20-25-24-15-11-10-12-21(24)16-17-28(25)36/h7-20,36-37H,1-6H3,(H,34,35)/b33-20+. The van der Waals surface area contributed by atoms with Gasteiger partial charge in [-0.15, -0.1) is 0 Å². The fourth-order valence-electron chi connectivity index (χ4n) is 4.28. The molecule has 0 aliphatic carbocycles. The Labute approximate surface area is 219 Å². The number of aliphatic imine (C=N–C) groups is 1. The lowest BCUT2D eigenvalue weighted by Crippen LogP contribution is -2.23. The highest BCUT2D eigenvalue weighted by molar-refractivity contribution is 6.04. The van der Waals surface area contributed by atoms with Gasteiger partial charge in [0.25, 0.3) is 0 Å². The number of nitrogens with one attached hydrogen (secondary N) is 1. The minimum atomic E-state index is -0.282. The molecule has 0 heterocycles. The maximum absolute atomic E-state index is 11.2. The molecule has 3 N–H and O–H groups in total. The number of aromatic hydroxyl groups is 2. The number of hydrogen-bond donors (Lipinski definition) is 3. The summed E-state index contributed by atoms with van der Waals surface area (Å²) >= 11 is 0. The van der Waals surface area contributed by atoms with Crippen LogP contribution in [0.3, 0.4) is 0 Å². The SMILES string of the molecule is CC(C)(C)c1cc(C(=Nc2ccccc2)N/N=C/c2c(O)ccc3ccccc23)cc(C(C)(C)C)c1O. The van der Waals surface area contributed by atoms with Crippen molar-refractivity contribution in [2.24, 2.45) is 10.1 Å². The molecule has 4 aromatic rings. The summed E-state index contributed by atoms with van der Waals surface area (Å²) in [6.45, 7) is 12.5. The van der Waals surface area contributed by atoms with Crippen LogP contribution in [0.1, 0.15) is 63.8 Å². The van der Waals surface area contributed by atoms with Gasteiger partial charge in [0.2, 0.25) is 0 Å². The minimum Gasteiger partial charge on any atom is -0.507 e. The molecule has 0 bridgehead atoms. The van der Waals surface area contributed by atoms with Gasteiger partial charge in [0, 0.05) is 22.3 Å². The van der Waals surface area contributed by atoms with Gasteiger partial charge in [-0.3, -0.25) is 5.43 Å². The largest absolute Gasteiger partial charge is 0.507 e. The zero-order valence-electron chi connectivity index (χ0n) is 22.4. The number of hydrazone groups is 1. The van der Waals surface area contributed by atoms with E-state index in [-0.39, 0.29) is 16.6 Å². The first-order chi connectivity index (χ1) is 17.4. The van der Waals surface area contributed by atoms with Crippen LogP contribution in [0.2, 0.25) is 0 Å². The Morgan fingerprint density at radius 2 is 1.35 bits per heavy atom. The van der Waals surface area contributed by atoms with E-state index < -0.39 is 0 Å². The highest BCUT2D eigenvalue weighted by Gasteiger charge is 2.27. The van der Waals surface area contributed by atoms with Gasteiger partial charge in [-0.05, 0) is 51.9 Å². The molecule has 5 nitrogen and oxygen atoms in total. The molecule has 190 valence electrons. The molecule has 37 heavy (non-hydrogen) atoms. The third kappa shape index (κ3) is 5.83. The van der Waals surface area contributed by atoms with E-state index in [4.69, 9.17) is 4.99 Å². The second-order valence-corrected chi connectivity index (χ2v) is 11.3. The van der Waals surface area contributed by atoms with Crippen LogP contribution in [0.15, 0.2) is 89.0 Å². The number of rotatable bonds is 4. The third-order valence-electron chi connectivity index (χ3n) is 6.31. The number of phenols is 2. The van der Waals surface area contributed by atoms with Crippen LogP contribution < -0.4 is 5.43 Å². The zero-order valence-corrected chi connectivity index (χ0v) is 22.4. The van der Waals surface area contributed by atoms with Crippen molar-refractivity contribution in [3.05, 3.63) is 101 Å². The summed E-state index contributed by atoms with van der Waals surface area (Å²) in [6.07, 6.45) is 1.62. The van der Waals surface area contributed by atoms with Gasteiger partial charge in [-0.25, -0.2) is 4.99 Å². The lowest BCUT2D eigenvalue weighted by Gasteiger charge is -2.28. The highest BCUT2D eigenvalue weighted by atomic mass is 16.3. The number of nitrogens with zero attached hydrogens (tertiary/aromatic N) is 2. The topological polar surface area (TPSA) is 77.2 Å². The average Bonchev–Trinajstić information content (AvgIpc) is 2.84. The van der Waals surface area contributed by atoms with Crippen molar-refractivity contribution < 1.29 is 10.2 Å². The summed E-state index contributed by atoms with van der Waals surface area (Å²) in [5.74, 6) is 1.01. The molecule has 4 aromatic carbocycles. The average molecular weight is 494 g/mol. The van der Waals surface area contributed by atoms with Crippen LogP contribution in [0.25, 0.3) is 10.8 Å². The first-order valence-corrected chi connectivity index (χ1v) is 12.5. The monoisotopic (exact) mass is 493 g/mol. The highest BCUT2D eigenvalue weighted by Crippen LogP contribution is 2.40. The van der Waals surface area contributed by atoms with Gasteiger partial charge in [0.15, 0.2) is 5.84 Å². The van der Waals surface area contributed by atoms with E-state index in [0.717, 1.165) is 33.2 Å². The number of benzene rings is 4. The lowest BCUT2D eigenvalue weighted by atomic mass is 9.78. The number of phenolic OH excluding ortho intramolecular Hbond substituents is 2. The second-order valence-electron chi connectivity index (χ2n) is 11.3. The molecular formula is C32H35N3O2. The van der Waals surface area contributed by atoms with Crippen molar-refractivity contribution in [3.63, 3.8) is 0 Å². The number of amidine groups is 1. The number of para-hydroxylation sites is 1. The van der Waals surface area contributed by atoms with E-state index in [1.54, 1.807) is 12.3 Å². The van der Waals surface area contributed by atoms with E-state index in [1.165, 1.54) is 0 Å². The molecule has 0 atom stereocenters. The summed E-state index contributed by atoms with van der Waals surface area (Å²) in [6, 6.07) is 25.1. The molecule has 0 fully saturated rings. The molecule has 5 heteroatoms. The van der Waals surface area contributed by atoms with E-state index in [1.807, 2.05) is 72.8 Å². The Bertz CT molecular complexity index is 1440. The van der Waals surface area contributed by atoms with Gasteiger partial charge in [-0.1, -0.05) is 90.1 Å². The van der Waals surface area contributed by atoms with Gasteiger partial charge < -0.3 is 10.2 Å². The Hall–Kier alpha value is -4.12. The molecule has 0 saturated heterocycles. The summed E-state index contributed by atoms with van der Waals surface area (Å²) < 4.78 is 0. The van der Waals surface area contributed by atoms with E-state index in [2.05, 4.69) is 52.1 Å². The van der Waals surface area contributed by atoms with Gasteiger partial charge in [0.05, 0.1) is 11.9 Å². The van der Waals surface area contributed by atoms with E-state index in [0.29, 0.717) is 17.1 Å². The van der Waals surface area contributed by atoms with Crippen LogP contribution >= 0.6 is 0 Å². The third-order valence-corrected chi connectivity index (χ3v) is 6.31. The Balaban J connectivity index is 1.84. The molecule has 0 radical (unpaired) electrons. The Kier molecular flexibility index (Phi) is 7.08. The minimum absolute atomic E-state index is 0.153. The first-order valence-electron chi connectivity index (χ1n) is 12.5. The molecule has 0 spiro atoms. The van der Waals surface area contributed by atoms with E-state index >= 15 is 0 Å². The Morgan fingerprint density at radius 3 is 1.97 bits per heavy atom. The van der Waals surface area contributed by atoms with Crippen LogP contribution in [0.4, 0.5) is 5.69 Å². The van der Waals surface area contributed by atoms with Crippen LogP contribution in [-0.2, 0) is 10.8 Å². The molecule has 0 unspecified atom stereocenters. The van der Waals surface area contributed by atoms with Crippen molar-refractivity contribution in [2.75, 3.05) is 0 Å². The molecule has 0 saturated carbocycles. The second kappa shape index (κ2) is 10.1. The smallest absolute Gasteiger partial charge is 0.154 e. The normalized spacial score (nSPS) is 12.9. The maximum Gasteiger partial charge on any atom is 0.154 e. The quantitative estimate of drug-likeness (QED) is 0.156. The van der Waals surface area contributed by atoms with Gasteiger partial charge in [-0.2, -0.15) is 5.10 Å². The number of fused-ring (bicyclic) bond motifs is 1. The van der Waals surface area contributed by atoms with Crippen molar-refractivity contribution >= 4 is 28.5 Å². The first kappa shape index (κ1) is 26.0. The molecule has 4 rings (SSSR count). The summed E-state index contributed by atoms with van der Waals surface area (Å²) in [5, 5.41) is 28.2. The van der Waals surface area contributed by atoms with Gasteiger partial charge >= 0.3 is 0 Å². The fourth-order valence-corrected chi connectivity index (χ4v) is 4.28. The maximum atomic E-state index is 11.2. The lowest BCUT2D eigenvalue weighted by molar-refractivity contribution is 0.423. The number of hydrogen-bond acceptors (Lipinski definition) is 4. The summed E-state index contributed by atoms with van der Waals surface area (Å²) in [4.78, 5) is 4.87. The van der Waals surface area contributed by atoms with Crippen LogP contribution in [-0.4, -0.2) is 22.3 Å². The van der Waals surface area contributed by atoms with Gasteiger partial charge in [0.1, 0.15) is 11.5 Å². The molecule has 0 amide bonds. The molecule has 0 aliphatic heterocycles. The van der Waals surface area contributed by atoms with Crippen molar-refractivity contribution in [1.82, 2.24) is 5.43 Å². The van der Waals surface area contributed by atoms with Crippen molar-refractivity contribution in [1.29, 1.82) is 0 Å². The molecule has 0 aromatic heterocycles. The summed E-state index contributed by atoms with van der Waals surface area (Å²) in [5.41, 5.74) is 6.46. The molecule has 0 aliphatic rings. The van der Waals surface area contributed by atoms with Crippen LogP contribution in [0.5, 0.6) is 11.5 Å². The zero-order chi connectivity index (χ0) is 26.8. The predicted molar refractivity (Wildman–Crippen MR) is 154 cm³/mol. The van der Waals surface area contributed by atoms with Crippen molar-refractivity contribution in [3.8, 4) is 11.5 Å². The fraction of sp³-hybridized carbons (Fsp3) is 0.250. The predicted octanol–water partition coefficient (Wildman–Crippen LogP) is 7.55. The summed E-state index contributed by atoms with van der Waals surface area (Å²) in [7, 11) is 0. The van der Waals surface area contributed by atoms with Crippen molar-refractivity contribution in [2.45, 2.75) is 52.4 Å². The van der Waals surface area contributed by atoms with Crippen LogP contribution in [0, 0.1) is 0 Å². The van der Waals surface area contributed by atoms with E-state index in [9.17, 15) is 10.2 Å². The Morgan fingerprint density at radius 1 is 0.757 bits per heavy atom.